The normalized spacial score (nSPS) is 22.9. The van der Waals surface area contributed by atoms with Gasteiger partial charge in [0.2, 0.25) is 0 Å². The summed E-state index contributed by atoms with van der Waals surface area (Å²) in [4.78, 5) is 26.3. The Balaban J connectivity index is 1.46. The van der Waals surface area contributed by atoms with E-state index in [0.29, 0.717) is 36.1 Å². The van der Waals surface area contributed by atoms with Crippen LogP contribution in [0.25, 0.3) is 5.65 Å². The number of aromatic nitrogens is 3. The zero-order valence-electron chi connectivity index (χ0n) is 21.2. The second-order valence-corrected chi connectivity index (χ2v) is 10.1. The molecule has 7 nitrogen and oxygen atoms in total. The number of alkyl halides is 3. The molecule has 5 rings (SSSR count). The number of aliphatic imine (C=N–C) groups is 1. The standard InChI is InChI=1S/C27H31F3N6O/c1-17-14-34(16-19(17)13-31-3)25-18(2)15-36-24(32-25)12-22(33-36)23-10-6-7-11-35(23)26(37)20-8-4-5-9-21(20)27(28,29)30/h4-5,8-9,12-13,15,17,19,23H,6-7,10-11,14,16H2,1-3H3. The molecule has 0 bridgehead atoms. The summed E-state index contributed by atoms with van der Waals surface area (Å²) in [6.45, 7) is 6.31. The molecule has 0 saturated carbocycles. The smallest absolute Gasteiger partial charge is 0.355 e. The number of hydrogen-bond donors (Lipinski definition) is 0. The number of rotatable bonds is 4. The largest absolute Gasteiger partial charge is 0.417 e. The van der Waals surface area contributed by atoms with E-state index in [1.54, 1.807) is 16.5 Å². The van der Waals surface area contributed by atoms with Gasteiger partial charge in [0.25, 0.3) is 5.91 Å². The van der Waals surface area contributed by atoms with Crippen LogP contribution in [-0.4, -0.2) is 58.3 Å². The molecule has 2 saturated heterocycles. The third-order valence-corrected chi connectivity index (χ3v) is 7.50. The fourth-order valence-corrected chi connectivity index (χ4v) is 5.61. The van der Waals surface area contributed by atoms with Crippen LogP contribution in [0.3, 0.4) is 0 Å². The van der Waals surface area contributed by atoms with E-state index in [4.69, 9.17) is 10.1 Å². The second kappa shape index (κ2) is 9.79. The van der Waals surface area contributed by atoms with E-state index >= 15 is 0 Å². The summed E-state index contributed by atoms with van der Waals surface area (Å²) in [5.41, 5.74) is 1.05. The Morgan fingerprint density at radius 2 is 1.97 bits per heavy atom. The Morgan fingerprint density at radius 3 is 2.73 bits per heavy atom. The molecule has 3 atom stereocenters. The molecule has 2 fully saturated rings. The van der Waals surface area contributed by atoms with Crippen LogP contribution in [0.5, 0.6) is 0 Å². The monoisotopic (exact) mass is 512 g/mol. The van der Waals surface area contributed by atoms with Gasteiger partial charge in [-0.05, 0) is 44.2 Å². The second-order valence-electron chi connectivity index (χ2n) is 10.1. The first-order valence-corrected chi connectivity index (χ1v) is 12.7. The maximum absolute atomic E-state index is 13.6. The van der Waals surface area contributed by atoms with Crippen LogP contribution in [0.1, 0.15) is 59.4 Å². The number of carbonyl (C=O) groups is 1. The van der Waals surface area contributed by atoms with Crippen LogP contribution in [0.2, 0.25) is 0 Å². The number of amides is 1. The van der Waals surface area contributed by atoms with E-state index in [-0.39, 0.29) is 5.56 Å². The fourth-order valence-electron chi connectivity index (χ4n) is 5.61. The summed E-state index contributed by atoms with van der Waals surface area (Å²) in [7, 11) is 1.79. The molecule has 37 heavy (non-hydrogen) atoms. The highest BCUT2D eigenvalue weighted by atomic mass is 19.4. The highest BCUT2D eigenvalue weighted by molar-refractivity contribution is 5.96. The zero-order valence-corrected chi connectivity index (χ0v) is 21.2. The summed E-state index contributed by atoms with van der Waals surface area (Å²) in [5, 5.41) is 4.72. The van der Waals surface area contributed by atoms with Gasteiger partial charge in [-0.1, -0.05) is 19.1 Å². The average molecular weight is 513 g/mol. The van der Waals surface area contributed by atoms with Gasteiger partial charge < -0.3 is 14.8 Å². The van der Waals surface area contributed by atoms with Gasteiger partial charge in [-0.25, -0.2) is 9.50 Å². The molecule has 0 aliphatic carbocycles. The first-order chi connectivity index (χ1) is 17.7. The maximum atomic E-state index is 13.6. The number of nitrogens with zero attached hydrogens (tertiary/aromatic N) is 6. The van der Waals surface area contributed by atoms with Gasteiger partial charge in [-0.15, -0.1) is 0 Å². The minimum absolute atomic E-state index is 0.324. The van der Waals surface area contributed by atoms with Crippen molar-refractivity contribution in [2.75, 3.05) is 31.6 Å². The van der Waals surface area contributed by atoms with E-state index in [0.717, 1.165) is 43.4 Å². The SMILES string of the molecule is CN=CC1CN(c2nc3cc(C4CCCCN4C(=O)c4ccccc4C(F)(F)F)nn3cc2C)CC1C. The molecular weight excluding hydrogens is 481 g/mol. The Hall–Kier alpha value is -3.43. The van der Waals surface area contributed by atoms with E-state index < -0.39 is 23.7 Å². The van der Waals surface area contributed by atoms with Crippen LogP contribution in [0.15, 0.2) is 41.5 Å². The Bertz CT molecular complexity index is 1330. The molecule has 2 aromatic heterocycles. The molecular formula is C27H31F3N6O. The Kier molecular flexibility index (Phi) is 6.68. The van der Waals surface area contributed by atoms with Gasteiger partial charge in [0.05, 0.1) is 22.9 Å². The minimum atomic E-state index is -4.60. The van der Waals surface area contributed by atoms with Crippen LogP contribution >= 0.6 is 0 Å². The van der Waals surface area contributed by atoms with Gasteiger partial charge >= 0.3 is 6.18 Å². The van der Waals surface area contributed by atoms with Crippen molar-refractivity contribution in [1.82, 2.24) is 19.5 Å². The number of likely N-dealkylation sites (tertiary alicyclic amines) is 1. The molecule has 3 aromatic rings. The number of aryl methyl sites for hydroxylation is 1. The molecule has 1 amide bonds. The van der Waals surface area contributed by atoms with Crippen LogP contribution in [-0.2, 0) is 6.18 Å². The van der Waals surface area contributed by atoms with Crippen molar-refractivity contribution in [2.24, 2.45) is 16.8 Å². The summed E-state index contributed by atoms with van der Waals surface area (Å²) in [5.74, 6) is 1.11. The van der Waals surface area contributed by atoms with Crippen molar-refractivity contribution >= 4 is 23.6 Å². The summed E-state index contributed by atoms with van der Waals surface area (Å²) >= 11 is 0. The molecule has 10 heteroatoms. The number of piperidine rings is 1. The lowest BCUT2D eigenvalue weighted by Crippen LogP contribution is -2.39. The van der Waals surface area contributed by atoms with Crippen molar-refractivity contribution < 1.29 is 18.0 Å². The summed E-state index contributed by atoms with van der Waals surface area (Å²) < 4.78 is 42.6. The van der Waals surface area contributed by atoms with E-state index in [1.807, 2.05) is 25.4 Å². The van der Waals surface area contributed by atoms with Crippen molar-refractivity contribution in [3.05, 3.63) is 58.9 Å². The maximum Gasteiger partial charge on any atom is 0.417 e. The molecule has 196 valence electrons. The summed E-state index contributed by atoms with van der Waals surface area (Å²) in [6, 6.07) is 6.44. The van der Waals surface area contributed by atoms with Crippen molar-refractivity contribution in [2.45, 2.75) is 45.3 Å². The fraction of sp³-hybridized carbons (Fsp3) is 0.481. The van der Waals surface area contributed by atoms with Crippen molar-refractivity contribution in [3.63, 3.8) is 0 Å². The summed E-state index contributed by atoms with van der Waals surface area (Å²) in [6.07, 6.45) is 1.57. The minimum Gasteiger partial charge on any atom is -0.355 e. The van der Waals surface area contributed by atoms with E-state index in [1.165, 1.54) is 18.2 Å². The molecule has 2 aliphatic heterocycles. The Labute approximate surface area is 214 Å². The first kappa shape index (κ1) is 25.2. The van der Waals surface area contributed by atoms with Gasteiger partial charge in [-0.3, -0.25) is 4.79 Å². The van der Waals surface area contributed by atoms with Gasteiger partial charge in [0.15, 0.2) is 5.65 Å². The molecule has 4 heterocycles. The van der Waals surface area contributed by atoms with Gasteiger partial charge in [0, 0.05) is 56.6 Å². The molecule has 1 aromatic carbocycles. The predicted molar refractivity (Wildman–Crippen MR) is 136 cm³/mol. The third-order valence-electron chi connectivity index (χ3n) is 7.50. The molecule has 2 aliphatic rings. The molecule has 3 unspecified atom stereocenters. The quantitative estimate of drug-likeness (QED) is 0.451. The average Bonchev–Trinajstić information content (AvgIpc) is 3.45. The Morgan fingerprint density at radius 1 is 1.19 bits per heavy atom. The zero-order chi connectivity index (χ0) is 26.3. The van der Waals surface area contributed by atoms with Crippen molar-refractivity contribution in [1.29, 1.82) is 0 Å². The van der Waals surface area contributed by atoms with E-state index in [9.17, 15) is 18.0 Å². The highest BCUT2D eigenvalue weighted by Gasteiger charge is 2.38. The van der Waals surface area contributed by atoms with Crippen molar-refractivity contribution in [3.8, 4) is 0 Å². The lowest BCUT2D eigenvalue weighted by molar-refractivity contribution is -0.138. The van der Waals surface area contributed by atoms with Gasteiger partial charge in [0.1, 0.15) is 5.82 Å². The third kappa shape index (κ3) is 4.81. The topological polar surface area (TPSA) is 66.1 Å². The van der Waals surface area contributed by atoms with E-state index in [2.05, 4.69) is 16.8 Å². The number of benzene rings is 1. The first-order valence-electron chi connectivity index (χ1n) is 12.7. The lowest BCUT2D eigenvalue weighted by Gasteiger charge is -2.35. The van der Waals surface area contributed by atoms with Gasteiger partial charge in [-0.2, -0.15) is 18.3 Å². The predicted octanol–water partition coefficient (Wildman–Crippen LogP) is 5.20. The highest BCUT2D eigenvalue weighted by Crippen LogP contribution is 2.37. The number of anilines is 1. The molecule has 0 N–H and O–H groups in total. The number of halogens is 3. The van der Waals surface area contributed by atoms with Crippen LogP contribution in [0.4, 0.5) is 19.0 Å². The lowest BCUT2D eigenvalue weighted by atomic mass is 9.97. The van der Waals surface area contributed by atoms with Crippen LogP contribution in [0, 0.1) is 18.8 Å². The number of carbonyl (C=O) groups excluding carboxylic acids is 1. The number of fused-ring (bicyclic) bond motifs is 1. The number of hydrogen-bond acceptors (Lipinski definition) is 5. The molecule has 0 radical (unpaired) electrons. The van der Waals surface area contributed by atoms with Crippen LogP contribution < -0.4 is 4.90 Å². The molecule has 0 spiro atoms.